The van der Waals surface area contributed by atoms with E-state index >= 15 is 0 Å². The molecule has 0 heteroatoms. The number of rotatable bonds is 2. The summed E-state index contributed by atoms with van der Waals surface area (Å²) in [5, 5.41) is 8.36. The van der Waals surface area contributed by atoms with Crippen molar-refractivity contribution in [3.05, 3.63) is 71.8 Å². The molecule has 0 aromatic heterocycles. The van der Waals surface area contributed by atoms with E-state index in [0.717, 1.165) is 12.8 Å². The predicted octanol–water partition coefficient (Wildman–Crippen LogP) is 6.27. The van der Waals surface area contributed by atoms with E-state index in [1.807, 2.05) is 0 Å². The Hall–Kier alpha value is -2.34. The minimum atomic E-state index is 1.09. The zero-order valence-corrected chi connectivity index (χ0v) is 13.2. The van der Waals surface area contributed by atoms with Crippen LogP contribution in [0.5, 0.6) is 0 Å². The highest BCUT2D eigenvalue weighted by atomic mass is 14.2. The van der Waals surface area contributed by atoms with Crippen LogP contribution in [0.3, 0.4) is 0 Å². The molecule has 4 aromatic carbocycles. The van der Waals surface area contributed by atoms with E-state index in [-0.39, 0.29) is 0 Å². The Kier molecular flexibility index (Phi) is 3.11. The standard InChI is InChI=1S/C22H20/c1-3-16-17(4-2)21-14-13-15-9-5-6-10-18(15)22(21)20-12-8-7-11-19(16)20/h5-14H,3-4H2,1-2H3. The largest absolute Gasteiger partial charge is 0.0616 e. The predicted molar refractivity (Wildman–Crippen MR) is 97.7 cm³/mol. The average Bonchev–Trinajstić information content (AvgIpc) is 2.59. The molecule has 0 radical (unpaired) electrons. The maximum atomic E-state index is 2.32. The van der Waals surface area contributed by atoms with Crippen molar-refractivity contribution >= 4 is 32.3 Å². The summed E-state index contributed by atoms with van der Waals surface area (Å²) in [4.78, 5) is 0. The van der Waals surface area contributed by atoms with E-state index in [4.69, 9.17) is 0 Å². The molecule has 0 amide bonds. The zero-order valence-electron chi connectivity index (χ0n) is 13.2. The highest BCUT2D eigenvalue weighted by Gasteiger charge is 2.13. The third-order valence-electron chi connectivity index (χ3n) is 4.85. The van der Waals surface area contributed by atoms with Crippen molar-refractivity contribution in [3.8, 4) is 0 Å². The Labute approximate surface area is 131 Å². The molecule has 0 saturated heterocycles. The quantitative estimate of drug-likeness (QED) is 0.380. The SMILES string of the molecule is CCc1c(CC)c2ccc3ccccc3c2c2ccccc12. The number of aryl methyl sites for hydroxylation is 2. The topological polar surface area (TPSA) is 0 Å². The van der Waals surface area contributed by atoms with Crippen LogP contribution < -0.4 is 0 Å². The smallest absolute Gasteiger partial charge is 0.00238 e. The van der Waals surface area contributed by atoms with Crippen LogP contribution in [-0.2, 0) is 12.8 Å². The van der Waals surface area contributed by atoms with Crippen LogP contribution in [0.25, 0.3) is 32.3 Å². The van der Waals surface area contributed by atoms with Gasteiger partial charge in [-0.25, -0.2) is 0 Å². The van der Waals surface area contributed by atoms with Gasteiger partial charge in [-0.15, -0.1) is 0 Å². The third kappa shape index (κ3) is 1.77. The molecule has 4 rings (SSSR count). The molecule has 0 bridgehead atoms. The van der Waals surface area contributed by atoms with Gasteiger partial charge in [-0.05, 0) is 56.3 Å². The molecular formula is C22H20. The Morgan fingerprint density at radius 3 is 1.86 bits per heavy atom. The van der Waals surface area contributed by atoms with Gasteiger partial charge in [0.1, 0.15) is 0 Å². The Balaban J connectivity index is 2.37. The molecule has 108 valence electrons. The minimum Gasteiger partial charge on any atom is -0.0616 e. The van der Waals surface area contributed by atoms with Gasteiger partial charge in [0.15, 0.2) is 0 Å². The van der Waals surface area contributed by atoms with Crippen molar-refractivity contribution < 1.29 is 0 Å². The number of benzene rings is 4. The van der Waals surface area contributed by atoms with E-state index in [0.29, 0.717) is 0 Å². The Morgan fingerprint density at radius 1 is 0.545 bits per heavy atom. The van der Waals surface area contributed by atoms with Crippen molar-refractivity contribution in [1.29, 1.82) is 0 Å². The first kappa shape index (κ1) is 13.3. The van der Waals surface area contributed by atoms with Crippen LogP contribution in [0, 0.1) is 0 Å². The van der Waals surface area contributed by atoms with E-state index in [1.54, 1.807) is 0 Å². The third-order valence-corrected chi connectivity index (χ3v) is 4.85. The summed E-state index contributed by atoms with van der Waals surface area (Å²) in [6, 6.07) is 22.2. The van der Waals surface area contributed by atoms with Gasteiger partial charge in [0, 0.05) is 0 Å². The van der Waals surface area contributed by atoms with Gasteiger partial charge >= 0.3 is 0 Å². The second-order valence-electron chi connectivity index (χ2n) is 5.92. The summed E-state index contributed by atoms with van der Waals surface area (Å²) in [5.41, 5.74) is 3.03. The van der Waals surface area contributed by atoms with Crippen molar-refractivity contribution in [2.24, 2.45) is 0 Å². The second-order valence-corrected chi connectivity index (χ2v) is 5.92. The fourth-order valence-electron chi connectivity index (χ4n) is 3.91. The van der Waals surface area contributed by atoms with Gasteiger partial charge in [0.2, 0.25) is 0 Å². The first-order valence-electron chi connectivity index (χ1n) is 8.19. The van der Waals surface area contributed by atoms with Crippen molar-refractivity contribution in [1.82, 2.24) is 0 Å². The fraction of sp³-hybridized carbons (Fsp3) is 0.182. The highest BCUT2D eigenvalue weighted by Crippen LogP contribution is 2.37. The molecule has 0 saturated carbocycles. The summed E-state index contributed by atoms with van der Waals surface area (Å²) < 4.78 is 0. The molecule has 0 nitrogen and oxygen atoms in total. The lowest BCUT2D eigenvalue weighted by atomic mass is 9.87. The van der Waals surface area contributed by atoms with E-state index in [2.05, 4.69) is 74.5 Å². The summed E-state index contributed by atoms with van der Waals surface area (Å²) >= 11 is 0. The monoisotopic (exact) mass is 284 g/mol. The molecule has 0 aliphatic rings. The van der Waals surface area contributed by atoms with E-state index in [9.17, 15) is 0 Å². The molecule has 0 atom stereocenters. The van der Waals surface area contributed by atoms with Gasteiger partial charge in [-0.3, -0.25) is 0 Å². The van der Waals surface area contributed by atoms with E-state index in [1.165, 1.54) is 43.4 Å². The number of fused-ring (bicyclic) bond motifs is 5. The molecule has 0 aliphatic heterocycles. The molecular weight excluding hydrogens is 264 g/mol. The molecule has 0 spiro atoms. The summed E-state index contributed by atoms with van der Waals surface area (Å²) in [6.45, 7) is 4.55. The Morgan fingerprint density at radius 2 is 1.14 bits per heavy atom. The first-order valence-corrected chi connectivity index (χ1v) is 8.19. The van der Waals surface area contributed by atoms with Gasteiger partial charge < -0.3 is 0 Å². The summed E-state index contributed by atoms with van der Waals surface area (Å²) in [5.74, 6) is 0. The molecule has 4 aromatic rings. The lowest BCUT2D eigenvalue weighted by Crippen LogP contribution is -1.96. The number of hydrogen-bond acceptors (Lipinski definition) is 0. The fourth-order valence-corrected chi connectivity index (χ4v) is 3.91. The maximum absolute atomic E-state index is 2.32. The highest BCUT2D eigenvalue weighted by molar-refractivity contribution is 6.22. The van der Waals surface area contributed by atoms with Crippen LogP contribution in [0.15, 0.2) is 60.7 Å². The van der Waals surface area contributed by atoms with Gasteiger partial charge in [0.25, 0.3) is 0 Å². The van der Waals surface area contributed by atoms with Crippen LogP contribution in [0.2, 0.25) is 0 Å². The second kappa shape index (κ2) is 5.14. The number of hydrogen-bond donors (Lipinski definition) is 0. The van der Waals surface area contributed by atoms with Crippen molar-refractivity contribution in [2.75, 3.05) is 0 Å². The Bertz CT molecular complexity index is 993. The molecule has 0 fully saturated rings. The van der Waals surface area contributed by atoms with Crippen molar-refractivity contribution in [3.63, 3.8) is 0 Å². The van der Waals surface area contributed by atoms with Crippen LogP contribution in [-0.4, -0.2) is 0 Å². The maximum Gasteiger partial charge on any atom is -0.00238 e. The van der Waals surface area contributed by atoms with Gasteiger partial charge in [0.05, 0.1) is 0 Å². The van der Waals surface area contributed by atoms with Crippen LogP contribution >= 0.6 is 0 Å². The molecule has 22 heavy (non-hydrogen) atoms. The van der Waals surface area contributed by atoms with Gasteiger partial charge in [-0.2, -0.15) is 0 Å². The first-order chi connectivity index (χ1) is 10.8. The minimum absolute atomic E-state index is 1.09. The molecule has 0 heterocycles. The summed E-state index contributed by atoms with van der Waals surface area (Å²) in [6.07, 6.45) is 2.18. The average molecular weight is 284 g/mol. The molecule has 0 unspecified atom stereocenters. The van der Waals surface area contributed by atoms with E-state index < -0.39 is 0 Å². The van der Waals surface area contributed by atoms with Crippen LogP contribution in [0.1, 0.15) is 25.0 Å². The summed E-state index contributed by atoms with van der Waals surface area (Å²) in [7, 11) is 0. The lowest BCUT2D eigenvalue weighted by molar-refractivity contribution is 1.07. The molecule has 0 N–H and O–H groups in total. The normalized spacial score (nSPS) is 11.5. The van der Waals surface area contributed by atoms with Crippen molar-refractivity contribution in [2.45, 2.75) is 26.7 Å². The zero-order chi connectivity index (χ0) is 15.1. The van der Waals surface area contributed by atoms with Crippen LogP contribution in [0.4, 0.5) is 0 Å². The lowest BCUT2D eigenvalue weighted by Gasteiger charge is -2.17. The molecule has 0 aliphatic carbocycles. The van der Waals surface area contributed by atoms with Gasteiger partial charge in [-0.1, -0.05) is 74.5 Å².